The van der Waals surface area contributed by atoms with Crippen LogP contribution in [0.4, 0.5) is 31.9 Å². The Bertz CT molecular complexity index is 890. The van der Waals surface area contributed by atoms with Gasteiger partial charge in [-0.25, -0.2) is 13.8 Å². The van der Waals surface area contributed by atoms with E-state index in [-0.39, 0.29) is 11.6 Å². The Morgan fingerprint density at radius 2 is 1.71 bits per heavy atom. The number of rotatable bonds is 4. The van der Waals surface area contributed by atoms with Gasteiger partial charge in [0.25, 0.3) is 0 Å². The van der Waals surface area contributed by atoms with E-state index in [1.165, 1.54) is 12.3 Å². The van der Waals surface area contributed by atoms with Gasteiger partial charge in [-0.15, -0.1) is 0 Å². The van der Waals surface area contributed by atoms with Gasteiger partial charge in [0, 0.05) is 18.0 Å². The number of anilines is 4. The van der Waals surface area contributed by atoms with Crippen LogP contribution < -0.4 is 10.6 Å². The molecule has 3 aromatic rings. The van der Waals surface area contributed by atoms with Crippen molar-refractivity contribution in [3.05, 3.63) is 70.3 Å². The van der Waals surface area contributed by atoms with Crippen molar-refractivity contribution in [1.29, 1.82) is 0 Å². The normalized spacial score (nSPS) is 10.5. The second-order valence-corrected chi connectivity index (χ2v) is 5.58. The van der Waals surface area contributed by atoms with Crippen LogP contribution in [0, 0.1) is 11.6 Å². The molecule has 0 spiro atoms. The van der Waals surface area contributed by atoms with Crippen molar-refractivity contribution in [2.75, 3.05) is 10.6 Å². The van der Waals surface area contributed by atoms with Crippen LogP contribution in [-0.4, -0.2) is 9.97 Å². The molecular weight excluding hydrogens is 357 g/mol. The topological polar surface area (TPSA) is 49.8 Å². The van der Waals surface area contributed by atoms with Crippen LogP contribution in [0.1, 0.15) is 0 Å². The van der Waals surface area contributed by atoms with E-state index in [1.54, 1.807) is 24.3 Å². The highest BCUT2D eigenvalue weighted by Crippen LogP contribution is 2.26. The van der Waals surface area contributed by atoms with Crippen LogP contribution in [0.2, 0.25) is 10.0 Å². The molecule has 0 atom stereocenters. The zero-order valence-corrected chi connectivity index (χ0v) is 13.5. The molecule has 0 aliphatic heterocycles. The highest BCUT2D eigenvalue weighted by molar-refractivity contribution is 6.42. The lowest BCUT2D eigenvalue weighted by atomic mass is 10.3. The van der Waals surface area contributed by atoms with E-state index >= 15 is 0 Å². The number of halogens is 4. The van der Waals surface area contributed by atoms with Crippen LogP contribution in [0.5, 0.6) is 0 Å². The summed E-state index contributed by atoms with van der Waals surface area (Å²) in [6.07, 6.45) is 1.50. The van der Waals surface area contributed by atoms with E-state index in [4.69, 9.17) is 23.2 Å². The zero-order valence-electron chi connectivity index (χ0n) is 12.0. The van der Waals surface area contributed by atoms with Crippen LogP contribution in [-0.2, 0) is 0 Å². The largest absolute Gasteiger partial charge is 0.338 e. The van der Waals surface area contributed by atoms with E-state index in [9.17, 15) is 8.78 Å². The summed E-state index contributed by atoms with van der Waals surface area (Å²) in [5, 5.41) is 6.56. The zero-order chi connectivity index (χ0) is 17.1. The van der Waals surface area contributed by atoms with Crippen molar-refractivity contribution < 1.29 is 8.78 Å². The Morgan fingerprint density at radius 3 is 2.46 bits per heavy atom. The number of hydrogen-bond acceptors (Lipinski definition) is 4. The van der Waals surface area contributed by atoms with Crippen LogP contribution >= 0.6 is 23.2 Å². The molecule has 1 aromatic heterocycles. The molecule has 8 heteroatoms. The second kappa shape index (κ2) is 6.98. The standard InChI is InChI=1S/C16H10Cl2F2N4/c17-11-3-2-10(8-12(11)18)22-16-21-6-5-15(24-16)23-14-4-1-9(19)7-13(14)20/h1-8H,(H2,21,22,23,24). The Hall–Kier alpha value is -2.44. The summed E-state index contributed by atoms with van der Waals surface area (Å²) in [6, 6.07) is 9.79. The molecule has 0 aliphatic rings. The number of aromatic nitrogens is 2. The average molecular weight is 367 g/mol. The minimum Gasteiger partial charge on any atom is -0.338 e. The molecular formula is C16H10Cl2F2N4. The molecule has 0 saturated carbocycles. The lowest BCUT2D eigenvalue weighted by molar-refractivity contribution is 0.586. The minimum atomic E-state index is -0.715. The van der Waals surface area contributed by atoms with Crippen molar-refractivity contribution in [1.82, 2.24) is 9.97 Å². The number of benzene rings is 2. The van der Waals surface area contributed by atoms with Gasteiger partial charge in [0.1, 0.15) is 17.5 Å². The summed E-state index contributed by atoms with van der Waals surface area (Å²) >= 11 is 11.8. The summed E-state index contributed by atoms with van der Waals surface area (Å²) < 4.78 is 26.6. The first-order valence-electron chi connectivity index (χ1n) is 6.78. The van der Waals surface area contributed by atoms with Crippen LogP contribution in [0.3, 0.4) is 0 Å². The average Bonchev–Trinajstić information content (AvgIpc) is 2.54. The molecule has 2 aromatic carbocycles. The Balaban J connectivity index is 1.79. The second-order valence-electron chi connectivity index (χ2n) is 4.77. The lowest BCUT2D eigenvalue weighted by Gasteiger charge is -2.09. The summed E-state index contributed by atoms with van der Waals surface area (Å²) in [4.78, 5) is 8.28. The van der Waals surface area contributed by atoms with E-state index in [1.807, 2.05) is 0 Å². The predicted molar refractivity (Wildman–Crippen MR) is 91.4 cm³/mol. The molecule has 0 saturated heterocycles. The fourth-order valence-corrected chi connectivity index (χ4v) is 2.22. The van der Waals surface area contributed by atoms with Gasteiger partial charge in [-0.1, -0.05) is 23.2 Å². The molecule has 3 rings (SSSR count). The predicted octanol–water partition coefficient (Wildman–Crippen LogP) is 5.55. The minimum absolute atomic E-state index is 0.107. The van der Waals surface area contributed by atoms with Gasteiger partial charge in [0.15, 0.2) is 0 Å². The van der Waals surface area contributed by atoms with Crippen molar-refractivity contribution in [3.63, 3.8) is 0 Å². The van der Waals surface area contributed by atoms with Gasteiger partial charge in [-0.3, -0.25) is 0 Å². The van der Waals surface area contributed by atoms with E-state index in [0.717, 1.165) is 12.1 Å². The monoisotopic (exact) mass is 366 g/mol. The van der Waals surface area contributed by atoms with Crippen molar-refractivity contribution in [3.8, 4) is 0 Å². The third kappa shape index (κ3) is 3.90. The Kier molecular flexibility index (Phi) is 4.78. The van der Waals surface area contributed by atoms with Crippen molar-refractivity contribution in [2.24, 2.45) is 0 Å². The van der Waals surface area contributed by atoms with Gasteiger partial charge in [-0.05, 0) is 36.4 Å². The van der Waals surface area contributed by atoms with Gasteiger partial charge in [0.05, 0.1) is 15.7 Å². The molecule has 0 amide bonds. The van der Waals surface area contributed by atoms with Crippen molar-refractivity contribution >= 4 is 46.3 Å². The first kappa shape index (κ1) is 16.4. The first-order chi connectivity index (χ1) is 11.5. The highest BCUT2D eigenvalue weighted by Gasteiger charge is 2.07. The Morgan fingerprint density at radius 1 is 0.875 bits per heavy atom. The molecule has 0 aliphatic carbocycles. The van der Waals surface area contributed by atoms with Gasteiger partial charge in [0.2, 0.25) is 5.95 Å². The molecule has 4 nitrogen and oxygen atoms in total. The maximum Gasteiger partial charge on any atom is 0.229 e. The lowest BCUT2D eigenvalue weighted by Crippen LogP contribution is -2.01. The van der Waals surface area contributed by atoms with Gasteiger partial charge >= 0.3 is 0 Å². The fourth-order valence-electron chi connectivity index (χ4n) is 1.92. The number of nitrogens with zero attached hydrogens (tertiary/aromatic N) is 2. The third-order valence-corrected chi connectivity index (χ3v) is 3.76. The van der Waals surface area contributed by atoms with Crippen LogP contribution in [0.25, 0.3) is 0 Å². The van der Waals surface area contributed by atoms with E-state index in [2.05, 4.69) is 20.6 Å². The smallest absolute Gasteiger partial charge is 0.229 e. The fraction of sp³-hybridized carbons (Fsp3) is 0. The molecule has 0 radical (unpaired) electrons. The molecule has 0 fully saturated rings. The van der Waals surface area contributed by atoms with Crippen LogP contribution in [0.15, 0.2) is 48.7 Å². The summed E-state index contributed by atoms with van der Waals surface area (Å²) in [6.45, 7) is 0. The third-order valence-electron chi connectivity index (χ3n) is 3.03. The highest BCUT2D eigenvalue weighted by atomic mass is 35.5. The summed E-state index contributed by atoms with van der Waals surface area (Å²) in [5.74, 6) is -0.741. The molecule has 1 heterocycles. The summed E-state index contributed by atoms with van der Waals surface area (Å²) in [5.41, 5.74) is 0.755. The SMILES string of the molecule is Fc1ccc(Nc2ccnc(Nc3ccc(Cl)c(Cl)c3)n2)c(F)c1. The molecule has 24 heavy (non-hydrogen) atoms. The summed E-state index contributed by atoms with van der Waals surface area (Å²) in [7, 11) is 0. The van der Waals surface area contributed by atoms with Crippen molar-refractivity contribution in [2.45, 2.75) is 0 Å². The molecule has 0 unspecified atom stereocenters. The number of hydrogen-bond donors (Lipinski definition) is 2. The maximum atomic E-state index is 13.7. The molecule has 2 N–H and O–H groups in total. The molecule has 122 valence electrons. The number of nitrogens with one attached hydrogen (secondary N) is 2. The van der Waals surface area contributed by atoms with E-state index < -0.39 is 11.6 Å². The Labute approximate surface area is 146 Å². The van der Waals surface area contributed by atoms with Gasteiger partial charge in [-0.2, -0.15) is 4.98 Å². The van der Waals surface area contributed by atoms with Gasteiger partial charge < -0.3 is 10.6 Å². The molecule has 0 bridgehead atoms. The maximum absolute atomic E-state index is 13.7. The quantitative estimate of drug-likeness (QED) is 0.635. The first-order valence-corrected chi connectivity index (χ1v) is 7.54. The van der Waals surface area contributed by atoms with E-state index in [0.29, 0.717) is 21.6 Å².